The fourth-order valence-corrected chi connectivity index (χ4v) is 3.45. The molecule has 2 aliphatic rings. The molecular formula is C19H26N4O3. The van der Waals surface area contributed by atoms with Gasteiger partial charge in [0.05, 0.1) is 0 Å². The first-order chi connectivity index (χ1) is 12.6. The first kappa shape index (κ1) is 18.4. The molecule has 26 heavy (non-hydrogen) atoms. The van der Waals surface area contributed by atoms with E-state index in [-0.39, 0.29) is 11.8 Å². The van der Waals surface area contributed by atoms with E-state index in [1.54, 1.807) is 34.1 Å². The van der Waals surface area contributed by atoms with Crippen LogP contribution in [0.1, 0.15) is 27.6 Å². The third-order valence-electron chi connectivity index (χ3n) is 5.21. The van der Waals surface area contributed by atoms with E-state index in [9.17, 15) is 14.4 Å². The smallest absolute Gasteiger partial charge is 0.253 e. The van der Waals surface area contributed by atoms with Crippen molar-refractivity contribution in [1.29, 1.82) is 0 Å². The van der Waals surface area contributed by atoms with Crippen molar-refractivity contribution in [2.24, 2.45) is 0 Å². The summed E-state index contributed by atoms with van der Waals surface area (Å²) < 4.78 is 0. The van der Waals surface area contributed by atoms with Gasteiger partial charge in [-0.25, -0.2) is 0 Å². The van der Waals surface area contributed by atoms with E-state index in [0.717, 1.165) is 39.1 Å². The Bertz CT molecular complexity index is 663. The van der Waals surface area contributed by atoms with Crippen LogP contribution in [0.2, 0.25) is 0 Å². The molecule has 3 amide bonds. The average Bonchev–Trinajstić information content (AvgIpc) is 2.73. The molecule has 2 heterocycles. The van der Waals surface area contributed by atoms with Crippen LogP contribution in [0, 0.1) is 0 Å². The summed E-state index contributed by atoms with van der Waals surface area (Å²) in [6, 6.07) is 6.99. The fourth-order valence-electron chi connectivity index (χ4n) is 3.45. The fraction of sp³-hybridized carbons (Fsp3) is 0.526. The van der Waals surface area contributed by atoms with Crippen molar-refractivity contribution in [3.05, 3.63) is 35.4 Å². The number of nitrogens with zero attached hydrogens (tertiary/aromatic N) is 4. The molecule has 0 aliphatic carbocycles. The van der Waals surface area contributed by atoms with E-state index in [0.29, 0.717) is 37.3 Å². The van der Waals surface area contributed by atoms with Gasteiger partial charge in [-0.2, -0.15) is 0 Å². The second kappa shape index (κ2) is 8.31. The normalized spacial score (nSPS) is 18.7. The second-order valence-electron chi connectivity index (χ2n) is 6.74. The van der Waals surface area contributed by atoms with Crippen LogP contribution >= 0.6 is 0 Å². The van der Waals surface area contributed by atoms with Crippen LogP contribution in [0.15, 0.2) is 24.3 Å². The van der Waals surface area contributed by atoms with Crippen LogP contribution in [0.25, 0.3) is 0 Å². The van der Waals surface area contributed by atoms with E-state index in [4.69, 9.17) is 0 Å². The highest BCUT2D eigenvalue weighted by molar-refractivity contribution is 5.99. The third-order valence-corrected chi connectivity index (χ3v) is 5.21. The Morgan fingerprint density at radius 1 is 0.885 bits per heavy atom. The zero-order chi connectivity index (χ0) is 18.5. The Hall–Kier alpha value is -2.41. The van der Waals surface area contributed by atoms with Gasteiger partial charge in [-0.05, 0) is 24.7 Å². The molecule has 0 unspecified atom stereocenters. The van der Waals surface area contributed by atoms with Crippen molar-refractivity contribution in [3.63, 3.8) is 0 Å². The van der Waals surface area contributed by atoms with Gasteiger partial charge in [-0.15, -0.1) is 0 Å². The van der Waals surface area contributed by atoms with Gasteiger partial charge in [-0.3, -0.25) is 14.4 Å². The van der Waals surface area contributed by atoms with Gasteiger partial charge in [0.1, 0.15) is 0 Å². The monoisotopic (exact) mass is 358 g/mol. The number of benzene rings is 1. The summed E-state index contributed by atoms with van der Waals surface area (Å²) in [5, 5.41) is 0. The number of piperazine rings is 2. The van der Waals surface area contributed by atoms with E-state index < -0.39 is 0 Å². The summed E-state index contributed by atoms with van der Waals surface area (Å²) in [5.74, 6) is -0.0952. The first-order valence-corrected chi connectivity index (χ1v) is 9.22. The lowest BCUT2D eigenvalue weighted by Crippen LogP contribution is -2.48. The lowest BCUT2D eigenvalue weighted by Gasteiger charge is -2.34. The average molecular weight is 358 g/mol. The predicted octanol–water partition coefficient (Wildman–Crippen LogP) is 0.379. The molecule has 0 N–H and O–H groups in total. The molecule has 0 atom stereocenters. The molecule has 2 fully saturated rings. The van der Waals surface area contributed by atoms with Crippen LogP contribution in [-0.4, -0.2) is 96.7 Å². The molecule has 0 radical (unpaired) electrons. The minimum absolute atomic E-state index is 0.0128. The van der Waals surface area contributed by atoms with E-state index >= 15 is 0 Å². The number of hydrogen-bond acceptors (Lipinski definition) is 4. The Morgan fingerprint density at radius 2 is 1.38 bits per heavy atom. The molecule has 7 nitrogen and oxygen atoms in total. The predicted molar refractivity (Wildman–Crippen MR) is 98.0 cm³/mol. The van der Waals surface area contributed by atoms with E-state index in [1.807, 2.05) is 4.90 Å². The molecule has 0 saturated carbocycles. The standard InChI is InChI=1S/C19H26N4O3/c1-2-20-6-10-22(11-7-20)18(25)16-4-3-5-17(14-16)19(26)23-12-8-21(15-24)9-13-23/h3-5,14-15H,2,6-13H2,1H3. The van der Waals surface area contributed by atoms with Crippen LogP contribution in [0.4, 0.5) is 0 Å². The summed E-state index contributed by atoms with van der Waals surface area (Å²) in [4.78, 5) is 43.9. The maximum atomic E-state index is 12.8. The van der Waals surface area contributed by atoms with E-state index in [2.05, 4.69) is 11.8 Å². The molecule has 2 aliphatic heterocycles. The largest absolute Gasteiger partial charge is 0.342 e. The number of carbonyl (C=O) groups is 3. The summed E-state index contributed by atoms with van der Waals surface area (Å²) >= 11 is 0. The number of amides is 3. The highest BCUT2D eigenvalue weighted by Gasteiger charge is 2.24. The van der Waals surface area contributed by atoms with Crippen molar-refractivity contribution < 1.29 is 14.4 Å². The number of hydrogen-bond donors (Lipinski definition) is 0. The van der Waals surface area contributed by atoms with Crippen LogP contribution in [-0.2, 0) is 4.79 Å². The molecule has 3 rings (SSSR count). The highest BCUT2D eigenvalue weighted by Crippen LogP contribution is 2.14. The topological polar surface area (TPSA) is 64.2 Å². The van der Waals surface area contributed by atoms with Gasteiger partial charge in [0.25, 0.3) is 11.8 Å². The molecule has 140 valence electrons. The highest BCUT2D eigenvalue weighted by atomic mass is 16.2. The zero-order valence-electron chi connectivity index (χ0n) is 15.3. The first-order valence-electron chi connectivity index (χ1n) is 9.22. The van der Waals surface area contributed by atoms with Crippen molar-refractivity contribution in [3.8, 4) is 0 Å². The van der Waals surface area contributed by atoms with Crippen LogP contribution in [0.3, 0.4) is 0 Å². The van der Waals surface area contributed by atoms with Gasteiger partial charge >= 0.3 is 0 Å². The Morgan fingerprint density at radius 3 is 1.85 bits per heavy atom. The minimum Gasteiger partial charge on any atom is -0.342 e. The van der Waals surface area contributed by atoms with E-state index in [1.165, 1.54) is 0 Å². The Kier molecular flexibility index (Phi) is 5.88. The summed E-state index contributed by atoms with van der Waals surface area (Å²) in [5.41, 5.74) is 1.09. The van der Waals surface area contributed by atoms with Crippen molar-refractivity contribution in [2.75, 3.05) is 58.9 Å². The quantitative estimate of drug-likeness (QED) is 0.730. The zero-order valence-corrected chi connectivity index (χ0v) is 15.3. The van der Waals surface area contributed by atoms with Gasteiger partial charge in [-0.1, -0.05) is 13.0 Å². The van der Waals surface area contributed by atoms with Crippen molar-refractivity contribution in [1.82, 2.24) is 19.6 Å². The third kappa shape index (κ3) is 4.04. The molecular weight excluding hydrogens is 332 g/mol. The van der Waals surface area contributed by atoms with Crippen molar-refractivity contribution in [2.45, 2.75) is 6.92 Å². The van der Waals surface area contributed by atoms with Crippen LogP contribution < -0.4 is 0 Å². The molecule has 1 aromatic rings. The second-order valence-corrected chi connectivity index (χ2v) is 6.74. The summed E-state index contributed by atoms with van der Waals surface area (Å²) in [6.07, 6.45) is 0.819. The lowest BCUT2D eigenvalue weighted by molar-refractivity contribution is -0.119. The number of likely N-dealkylation sites (N-methyl/N-ethyl adjacent to an activating group) is 1. The van der Waals surface area contributed by atoms with Gasteiger partial charge in [0.2, 0.25) is 6.41 Å². The van der Waals surface area contributed by atoms with Gasteiger partial charge in [0, 0.05) is 63.5 Å². The number of rotatable bonds is 4. The van der Waals surface area contributed by atoms with Crippen molar-refractivity contribution >= 4 is 18.2 Å². The maximum Gasteiger partial charge on any atom is 0.253 e. The SMILES string of the molecule is CCN1CCN(C(=O)c2cccc(C(=O)N3CCN(C=O)CC3)c2)CC1. The molecule has 0 bridgehead atoms. The molecule has 2 saturated heterocycles. The minimum atomic E-state index is -0.0824. The lowest BCUT2D eigenvalue weighted by atomic mass is 10.1. The maximum absolute atomic E-state index is 12.8. The summed E-state index contributed by atoms with van der Waals surface area (Å²) in [7, 11) is 0. The van der Waals surface area contributed by atoms with Crippen LogP contribution in [0.5, 0.6) is 0 Å². The van der Waals surface area contributed by atoms with Gasteiger partial charge < -0.3 is 19.6 Å². The Labute approximate surface area is 154 Å². The molecule has 0 aromatic heterocycles. The Balaban J connectivity index is 1.65. The summed E-state index contributed by atoms with van der Waals surface area (Å²) in [6.45, 7) is 8.50. The van der Waals surface area contributed by atoms with Gasteiger partial charge in [0.15, 0.2) is 0 Å². The molecule has 7 heteroatoms. The molecule has 0 spiro atoms. The molecule has 1 aromatic carbocycles. The number of carbonyl (C=O) groups excluding carboxylic acids is 3.